The van der Waals surface area contributed by atoms with Crippen molar-refractivity contribution in [2.24, 2.45) is 0 Å². The standard InChI is InChI=1S/C15H25N3O/c1-12(18-10-6-5-9-14(18)11-16)15(19)17-13-7-3-2-4-8-13/h12-14H,2-10H2,1H3,(H,17,19). The van der Waals surface area contributed by atoms with Crippen molar-refractivity contribution in [3.05, 3.63) is 0 Å². The monoisotopic (exact) mass is 263 g/mol. The molecule has 4 heteroatoms. The van der Waals surface area contributed by atoms with Crippen molar-refractivity contribution in [3.63, 3.8) is 0 Å². The molecule has 0 aromatic rings. The van der Waals surface area contributed by atoms with Crippen molar-refractivity contribution < 1.29 is 4.79 Å². The van der Waals surface area contributed by atoms with Gasteiger partial charge in [-0.3, -0.25) is 9.69 Å². The summed E-state index contributed by atoms with van der Waals surface area (Å²) in [5.41, 5.74) is 0. The molecule has 0 bridgehead atoms. The van der Waals surface area contributed by atoms with E-state index in [9.17, 15) is 10.1 Å². The van der Waals surface area contributed by atoms with Gasteiger partial charge in [-0.05, 0) is 39.0 Å². The Labute approximate surface area is 116 Å². The maximum atomic E-state index is 12.3. The maximum absolute atomic E-state index is 12.3. The fraction of sp³-hybridized carbons (Fsp3) is 0.867. The molecule has 1 saturated heterocycles. The third kappa shape index (κ3) is 3.70. The van der Waals surface area contributed by atoms with E-state index >= 15 is 0 Å². The van der Waals surface area contributed by atoms with Gasteiger partial charge in [-0.25, -0.2) is 0 Å². The van der Waals surface area contributed by atoms with E-state index in [0.717, 1.165) is 38.6 Å². The molecule has 19 heavy (non-hydrogen) atoms. The Bertz CT molecular complexity index is 344. The number of hydrogen-bond donors (Lipinski definition) is 1. The van der Waals surface area contributed by atoms with Crippen LogP contribution >= 0.6 is 0 Å². The second-order valence-corrected chi connectivity index (χ2v) is 5.90. The van der Waals surface area contributed by atoms with Crippen LogP contribution in [-0.4, -0.2) is 35.5 Å². The number of likely N-dealkylation sites (tertiary alicyclic amines) is 1. The van der Waals surface area contributed by atoms with E-state index in [0.29, 0.717) is 6.04 Å². The molecule has 2 fully saturated rings. The van der Waals surface area contributed by atoms with E-state index < -0.39 is 0 Å². The summed E-state index contributed by atoms with van der Waals surface area (Å²) in [5.74, 6) is 0.106. The highest BCUT2D eigenvalue weighted by molar-refractivity contribution is 5.81. The number of amides is 1. The normalized spacial score (nSPS) is 27.5. The second-order valence-electron chi connectivity index (χ2n) is 5.90. The Balaban J connectivity index is 1.88. The number of carbonyl (C=O) groups excluding carboxylic acids is 1. The van der Waals surface area contributed by atoms with E-state index in [4.69, 9.17) is 0 Å². The molecule has 1 N–H and O–H groups in total. The smallest absolute Gasteiger partial charge is 0.237 e. The summed E-state index contributed by atoms with van der Waals surface area (Å²) < 4.78 is 0. The summed E-state index contributed by atoms with van der Waals surface area (Å²) in [5, 5.41) is 12.4. The first-order valence-electron chi connectivity index (χ1n) is 7.68. The van der Waals surface area contributed by atoms with Crippen LogP contribution in [0.5, 0.6) is 0 Å². The zero-order valence-electron chi connectivity index (χ0n) is 11.9. The van der Waals surface area contributed by atoms with Gasteiger partial charge in [0.1, 0.15) is 0 Å². The van der Waals surface area contributed by atoms with Crippen LogP contribution in [0.3, 0.4) is 0 Å². The molecule has 1 saturated carbocycles. The lowest BCUT2D eigenvalue weighted by molar-refractivity contribution is -0.127. The highest BCUT2D eigenvalue weighted by Gasteiger charge is 2.31. The summed E-state index contributed by atoms with van der Waals surface area (Å²) in [7, 11) is 0. The first-order chi connectivity index (χ1) is 9.22. The van der Waals surface area contributed by atoms with Crippen LogP contribution in [0.15, 0.2) is 0 Å². The molecule has 1 aliphatic heterocycles. The van der Waals surface area contributed by atoms with Gasteiger partial charge in [0.05, 0.1) is 18.2 Å². The molecular formula is C15H25N3O. The van der Waals surface area contributed by atoms with Gasteiger partial charge in [0.2, 0.25) is 5.91 Å². The quantitative estimate of drug-likeness (QED) is 0.849. The molecule has 4 nitrogen and oxygen atoms in total. The lowest BCUT2D eigenvalue weighted by Gasteiger charge is -2.36. The van der Waals surface area contributed by atoms with Crippen LogP contribution in [0, 0.1) is 11.3 Å². The van der Waals surface area contributed by atoms with Crippen LogP contribution in [0.25, 0.3) is 0 Å². The minimum absolute atomic E-state index is 0.0825. The molecule has 2 aliphatic rings. The Morgan fingerprint density at radius 3 is 2.58 bits per heavy atom. The minimum Gasteiger partial charge on any atom is -0.352 e. The highest BCUT2D eigenvalue weighted by atomic mass is 16.2. The van der Waals surface area contributed by atoms with Crippen molar-refractivity contribution in [1.82, 2.24) is 10.2 Å². The van der Waals surface area contributed by atoms with Crippen LogP contribution in [0.1, 0.15) is 58.3 Å². The molecule has 2 rings (SSSR count). The van der Waals surface area contributed by atoms with Gasteiger partial charge in [-0.2, -0.15) is 5.26 Å². The van der Waals surface area contributed by atoms with Crippen molar-refractivity contribution >= 4 is 5.91 Å². The molecule has 0 aromatic carbocycles. The van der Waals surface area contributed by atoms with Gasteiger partial charge < -0.3 is 5.32 Å². The highest BCUT2D eigenvalue weighted by Crippen LogP contribution is 2.21. The second kappa shape index (κ2) is 6.91. The number of nitrogens with one attached hydrogen (secondary N) is 1. The zero-order chi connectivity index (χ0) is 13.7. The van der Waals surface area contributed by atoms with Gasteiger partial charge in [0.25, 0.3) is 0 Å². The lowest BCUT2D eigenvalue weighted by atomic mass is 9.95. The van der Waals surface area contributed by atoms with Crippen molar-refractivity contribution in [2.45, 2.75) is 76.4 Å². The van der Waals surface area contributed by atoms with Gasteiger partial charge in [0, 0.05) is 12.6 Å². The van der Waals surface area contributed by atoms with Crippen LogP contribution < -0.4 is 5.32 Å². The van der Waals surface area contributed by atoms with E-state index in [1.54, 1.807) is 0 Å². The average molecular weight is 263 g/mol. The molecule has 1 aliphatic carbocycles. The first kappa shape index (κ1) is 14.3. The molecular weight excluding hydrogens is 238 g/mol. The van der Waals surface area contributed by atoms with Crippen molar-refractivity contribution in [1.29, 1.82) is 5.26 Å². The molecule has 106 valence electrons. The van der Waals surface area contributed by atoms with Crippen LogP contribution in [0.2, 0.25) is 0 Å². The Kier molecular flexibility index (Phi) is 5.21. The summed E-state index contributed by atoms with van der Waals surface area (Å²) in [6.07, 6.45) is 9.07. The fourth-order valence-corrected chi connectivity index (χ4v) is 3.28. The Morgan fingerprint density at radius 1 is 1.21 bits per heavy atom. The Hall–Kier alpha value is -1.08. The van der Waals surface area contributed by atoms with E-state index in [-0.39, 0.29) is 18.0 Å². The van der Waals surface area contributed by atoms with Gasteiger partial charge >= 0.3 is 0 Å². The topological polar surface area (TPSA) is 56.1 Å². The maximum Gasteiger partial charge on any atom is 0.237 e. The SMILES string of the molecule is CC(C(=O)NC1CCCCC1)N1CCCCC1C#N. The largest absolute Gasteiger partial charge is 0.352 e. The molecule has 2 atom stereocenters. The Morgan fingerprint density at radius 2 is 1.89 bits per heavy atom. The first-order valence-corrected chi connectivity index (χ1v) is 7.68. The summed E-state index contributed by atoms with van der Waals surface area (Å²) >= 11 is 0. The van der Waals surface area contributed by atoms with Gasteiger partial charge in [-0.1, -0.05) is 19.3 Å². The van der Waals surface area contributed by atoms with E-state index in [1.807, 2.05) is 6.92 Å². The molecule has 0 aromatic heterocycles. The number of carbonyl (C=O) groups is 1. The predicted octanol–water partition coefficient (Wildman–Crippen LogP) is 2.20. The predicted molar refractivity (Wildman–Crippen MR) is 74.4 cm³/mol. The minimum atomic E-state index is -0.174. The molecule has 1 amide bonds. The third-order valence-electron chi connectivity index (χ3n) is 4.52. The summed E-state index contributed by atoms with van der Waals surface area (Å²) in [4.78, 5) is 14.4. The van der Waals surface area contributed by atoms with Gasteiger partial charge in [-0.15, -0.1) is 0 Å². The molecule has 0 spiro atoms. The number of nitriles is 1. The zero-order valence-corrected chi connectivity index (χ0v) is 11.9. The van der Waals surface area contributed by atoms with E-state index in [1.165, 1.54) is 19.3 Å². The van der Waals surface area contributed by atoms with Crippen LogP contribution in [-0.2, 0) is 4.79 Å². The third-order valence-corrected chi connectivity index (χ3v) is 4.52. The van der Waals surface area contributed by atoms with Crippen molar-refractivity contribution in [2.75, 3.05) is 6.54 Å². The molecule has 2 unspecified atom stereocenters. The summed E-state index contributed by atoms with van der Waals surface area (Å²) in [6.45, 7) is 2.81. The van der Waals surface area contributed by atoms with E-state index in [2.05, 4.69) is 16.3 Å². The van der Waals surface area contributed by atoms with Gasteiger partial charge in [0.15, 0.2) is 0 Å². The fourth-order valence-electron chi connectivity index (χ4n) is 3.28. The number of hydrogen-bond acceptors (Lipinski definition) is 3. The average Bonchev–Trinajstić information content (AvgIpc) is 2.47. The van der Waals surface area contributed by atoms with Crippen LogP contribution in [0.4, 0.5) is 0 Å². The molecule has 0 radical (unpaired) electrons. The lowest BCUT2D eigenvalue weighted by Crippen LogP contribution is -2.53. The number of piperidine rings is 1. The number of nitrogens with zero attached hydrogens (tertiary/aromatic N) is 2. The molecule has 1 heterocycles. The van der Waals surface area contributed by atoms with Crippen molar-refractivity contribution in [3.8, 4) is 6.07 Å². The summed E-state index contributed by atoms with van der Waals surface area (Å²) in [6, 6.07) is 2.44. The number of rotatable bonds is 3.